The lowest BCUT2D eigenvalue weighted by molar-refractivity contribution is -0.256. The highest BCUT2D eigenvalue weighted by atomic mass is 16.7. The van der Waals surface area contributed by atoms with Crippen LogP contribution in [0.5, 0.6) is 11.5 Å². The van der Waals surface area contributed by atoms with Crippen LogP contribution in [-0.2, 0) is 75.0 Å². The monoisotopic (exact) mass is 1340 g/mol. The topological polar surface area (TPSA) is 426 Å². The Balaban J connectivity index is 0.769. The molecule has 11 N–H and O–H groups in total. The molecule has 0 bridgehead atoms. The number of urea groups is 1. The fourth-order valence-corrected chi connectivity index (χ4v) is 12.7. The molecule has 0 radical (unpaired) electrons. The highest BCUT2D eigenvalue weighted by Crippen LogP contribution is 2.53. The number of ketones is 3. The van der Waals surface area contributed by atoms with E-state index in [4.69, 9.17) is 44.6 Å². The number of phenols is 2. The highest BCUT2D eigenvalue weighted by Gasteiger charge is 2.55. The third-order valence-electron chi connectivity index (χ3n) is 17.9. The summed E-state index contributed by atoms with van der Waals surface area (Å²) < 4.78 is 41.4. The first-order valence-corrected chi connectivity index (χ1v) is 31.7. The number of aromatic hydroxyl groups is 2. The van der Waals surface area contributed by atoms with Crippen LogP contribution >= 0.6 is 0 Å². The van der Waals surface area contributed by atoms with Crippen molar-refractivity contribution in [3.63, 3.8) is 0 Å². The predicted octanol–water partition coefficient (Wildman–Crippen LogP) is 2.13. The molecule has 3 fully saturated rings. The molecule has 0 saturated carbocycles. The number of nitrogens with one attached hydrogen (secondary N) is 4. The zero-order valence-electron chi connectivity index (χ0n) is 54.1. The van der Waals surface area contributed by atoms with Crippen LogP contribution in [0.15, 0.2) is 54.6 Å². The summed E-state index contributed by atoms with van der Waals surface area (Å²) in [5.74, 6) is -7.05. The highest BCUT2D eigenvalue weighted by molar-refractivity contribution is 6.32. The van der Waals surface area contributed by atoms with Crippen LogP contribution in [0.25, 0.3) is 0 Å². The van der Waals surface area contributed by atoms with E-state index in [-0.39, 0.29) is 110 Å². The fourth-order valence-electron chi connectivity index (χ4n) is 12.7. The molecule has 6 aliphatic rings. The summed E-state index contributed by atoms with van der Waals surface area (Å²) in [7, 11) is 4.26. The van der Waals surface area contributed by atoms with Crippen molar-refractivity contribution in [2.24, 2.45) is 11.7 Å². The number of hydrogen-bond acceptors (Lipinski definition) is 23. The van der Waals surface area contributed by atoms with Gasteiger partial charge >= 0.3 is 18.2 Å². The number of Topliss-reactive ketones (excluding diaryl/α,β-unsaturated/α-hetero) is 1. The number of carbonyl (C=O) groups is 11. The lowest BCUT2D eigenvalue weighted by Crippen LogP contribution is -2.55. The van der Waals surface area contributed by atoms with Crippen molar-refractivity contribution < 1.29 is 101 Å². The van der Waals surface area contributed by atoms with E-state index >= 15 is 0 Å². The molecule has 31 heteroatoms. The van der Waals surface area contributed by atoms with Gasteiger partial charge in [0.1, 0.15) is 41.9 Å². The van der Waals surface area contributed by atoms with Gasteiger partial charge in [-0.25, -0.2) is 14.4 Å². The predicted molar refractivity (Wildman–Crippen MR) is 336 cm³/mol. The molecule has 0 aromatic heterocycles. The van der Waals surface area contributed by atoms with Crippen LogP contribution in [-0.4, -0.2) is 222 Å². The molecule has 4 aliphatic heterocycles. The van der Waals surface area contributed by atoms with E-state index in [1.54, 1.807) is 45.0 Å². The van der Waals surface area contributed by atoms with Crippen molar-refractivity contribution in [3.05, 3.63) is 93.6 Å². The maximum absolute atomic E-state index is 14.3. The number of nitrogens with two attached hydrogens (primary N) is 2. The minimum absolute atomic E-state index is 0.0440. The standard InChI is InChI=1S/C65H82N10O21/c1-33(2)52(71-44(77)15-8-7-9-23-75-45(78)20-21-46(75)79)59(85)70-40(14-11-22-68-62(67)86)58(84)69-36-18-16-35(17-19-36)31-92-63(87)72(4)24-25-73(5)64(88)93-32-43(76)65(89)29-38-49(56(83)51-50(54(38)81)53(80)37-12-10-13-39(66)48(37)55(51)82)42(30-65)95-47-28-41-57(34(3)94-47)96-60-61(90-6)91-27-26-74(41)60/h10,12-13,16-21,33-34,40-42,47,52,57,60-61,81,83,89H,7-9,11,14-15,22-32,66H2,1-6H3,(H,69,84)(H,70,85)(H,71,77)(H3,67,68,86)/t34-,40?,41-,42-,47?,52-,57+,60+,61-,65-/m0/s1. The number of phenolic OH excluding ortho intramolecular Hbond substituents is 2. The first-order valence-electron chi connectivity index (χ1n) is 31.7. The molecule has 3 aromatic rings. The Kier molecular flexibility index (Phi) is 22.8. The number of unbranched alkanes of at least 4 members (excludes halogenated alkanes) is 2. The summed E-state index contributed by atoms with van der Waals surface area (Å²) in [4.78, 5) is 150. The van der Waals surface area contributed by atoms with E-state index in [0.29, 0.717) is 43.7 Å². The number of morpholine rings is 1. The average Bonchev–Trinajstić information content (AvgIpc) is 0.894. The molecule has 2 aliphatic carbocycles. The van der Waals surface area contributed by atoms with Gasteiger partial charge in [0, 0.05) is 126 Å². The van der Waals surface area contributed by atoms with Gasteiger partial charge in [0.05, 0.1) is 35.5 Å². The maximum atomic E-state index is 14.3. The van der Waals surface area contributed by atoms with E-state index < -0.39 is 150 Å². The molecule has 3 aromatic carbocycles. The second-order valence-corrected chi connectivity index (χ2v) is 24.9. The first kappa shape index (κ1) is 71.2. The van der Waals surface area contributed by atoms with Gasteiger partial charge in [0.25, 0.3) is 11.8 Å². The first-order chi connectivity index (χ1) is 45.7. The Morgan fingerprint density at radius 1 is 0.833 bits per heavy atom. The number of methoxy groups -OCH3 is 1. The number of likely N-dealkylation sites (N-methyl/N-ethyl adjacent to an activating group) is 2. The molecule has 9 amide bonds. The number of benzene rings is 3. The van der Waals surface area contributed by atoms with Gasteiger partial charge in [-0.2, -0.15) is 0 Å². The minimum Gasteiger partial charge on any atom is -0.507 e. The van der Waals surface area contributed by atoms with E-state index in [0.717, 1.165) is 9.80 Å². The van der Waals surface area contributed by atoms with E-state index in [1.807, 2.05) is 0 Å². The third kappa shape index (κ3) is 15.9. The number of fused-ring (bicyclic) bond motifs is 6. The minimum atomic E-state index is -2.49. The summed E-state index contributed by atoms with van der Waals surface area (Å²) in [5.41, 5.74) is 7.82. The lowest BCUT2D eigenvalue weighted by Gasteiger charge is -2.43. The summed E-state index contributed by atoms with van der Waals surface area (Å²) in [5, 5.41) is 47.2. The lowest BCUT2D eigenvalue weighted by atomic mass is 9.71. The number of imide groups is 1. The number of primary amides is 1. The van der Waals surface area contributed by atoms with Gasteiger partial charge < -0.3 is 91.0 Å². The molecular formula is C65H82N10O21. The zero-order valence-corrected chi connectivity index (χ0v) is 54.1. The summed E-state index contributed by atoms with van der Waals surface area (Å²) in [6.07, 6.45) is -3.57. The molecule has 9 rings (SSSR count). The van der Waals surface area contributed by atoms with Crippen LogP contribution in [0.1, 0.15) is 127 Å². The van der Waals surface area contributed by atoms with Crippen LogP contribution in [0, 0.1) is 5.92 Å². The van der Waals surface area contributed by atoms with Crippen molar-refractivity contribution in [2.75, 3.05) is 78.2 Å². The smallest absolute Gasteiger partial charge is 0.409 e. The van der Waals surface area contributed by atoms with Crippen molar-refractivity contribution in [1.82, 2.24) is 35.6 Å². The number of anilines is 2. The van der Waals surface area contributed by atoms with Crippen molar-refractivity contribution in [2.45, 2.75) is 146 Å². The average molecular weight is 1340 g/mol. The van der Waals surface area contributed by atoms with Gasteiger partial charge in [-0.1, -0.05) is 44.5 Å². The Morgan fingerprint density at radius 3 is 2.20 bits per heavy atom. The normalized spacial score (nSPS) is 23.2. The summed E-state index contributed by atoms with van der Waals surface area (Å²) in [6.45, 7) is 4.96. The number of ether oxygens (including phenoxy) is 7. The van der Waals surface area contributed by atoms with Gasteiger partial charge in [-0.3, -0.25) is 48.2 Å². The van der Waals surface area contributed by atoms with Crippen molar-refractivity contribution in [1.29, 1.82) is 0 Å². The molecule has 10 atom stereocenters. The largest absolute Gasteiger partial charge is 0.507 e. The summed E-state index contributed by atoms with van der Waals surface area (Å²) >= 11 is 0. The Hall–Kier alpha value is -9.11. The third-order valence-corrected chi connectivity index (χ3v) is 17.9. The molecule has 3 saturated heterocycles. The number of aliphatic hydroxyl groups is 1. The van der Waals surface area contributed by atoms with Crippen LogP contribution in [0.2, 0.25) is 0 Å². The quantitative estimate of drug-likeness (QED) is 0.0179. The van der Waals surface area contributed by atoms with Gasteiger partial charge in [-0.15, -0.1) is 0 Å². The number of hydrogen-bond donors (Lipinski definition) is 9. The zero-order chi connectivity index (χ0) is 69.4. The van der Waals surface area contributed by atoms with Gasteiger partial charge in [-0.05, 0) is 62.3 Å². The second-order valence-electron chi connectivity index (χ2n) is 24.9. The van der Waals surface area contributed by atoms with Gasteiger partial charge in [0.15, 0.2) is 37.0 Å². The molecule has 96 heavy (non-hydrogen) atoms. The number of nitrogen functional groups attached to an aromatic ring is 1. The van der Waals surface area contributed by atoms with Crippen LogP contribution in [0.4, 0.5) is 25.8 Å². The van der Waals surface area contributed by atoms with Crippen molar-refractivity contribution >= 4 is 76.5 Å². The molecule has 2 unspecified atom stereocenters. The number of nitrogens with zero attached hydrogens (tertiary/aromatic N) is 4. The molecule has 0 spiro atoms. The second kappa shape index (κ2) is 30.7. The number of amides is 9. The number of carbonyl (C=O) groups excluding carboxylic acids is 11. The fraction of sp³-hybridized carbons (Fsp3) is 0.523. The van der Waals surface area contributed by atoms with Crippen LogP contribution < -0.4 is 32.7 Å². The summed E-state index contributed by atoms with van der Waals surface area (Å²) in [6, 6.07) is 7.26. The Morgan fingerprint density at radius 2 is 1.52 bits per heavy atom. The SMILES string of the molecule is CO[C@H]1OCCN2[C@@H]1O[C@@H]1[C@H](C)OC(O[C@H]3C[C@](O)(C(=O)COC(=O)N(C)CCN(C)C(=O)OCc4ccc(NC(=O)C(CCCNC(N)=O)NC(=O)[C@@H](NC(=O)CCCCCN5C(=O)C=CC5=O)C(C)C)cc4)Cc4c(O)c5c(c(O)c43)C(=O)c3c(N)cccc3C5=O)C[C@@H]12. The molecule has 518 valence electrons. The van der Waals surface area contributed by atoms with E-state index in [9.17, 15) is 68.1 Å². The molecular weight excluding hydrogens is 1260 g/mol. The van der Waals surface area contributed by atoms with Gasteiger partial charge in [0.2, 0.25) is 23.5 Å². The Bertz CT molecular complexity index is 3530. The number of rotatable bonds is 27. The van der Waals surface area contributed by atoms with Crippen molar-refractivity contribution in [3.8, 4) is 11.5 Å². The molecule has 4 heterocycles. The van der Waals surface area contributed by atoms with E-state index in [1.165, 1.54) is 56.5 Å². The van der Waals surface area contributed by atoms with Crippen LogP contribution in [0.3, 0.4) is 0 Å². The molecule has 31 nitrogen and oxygen atoms in total. The maximum Gasteiger partial charge on any atom is 0.409 e. The Labute approximate surface area is 552 Å². The van der Waals surface area contributed by atoms with E-state index in [2.05, 4.69) is 26.2 Å².